The Bertz CT molecular complexity index is 286. The fourth-order valence-electron chi connectivity index (χ4n) is 1.07. The molecule has 0 amide bonds. The van der Waals surface area contributed by atoms with Crippen molar-refractivity contribution < 1.29 is 19.1 Å². The third-order valence-corrected chi connectivity index (χ3v) is 1.71. The summed E-state index contributed by atoms with van der Waals surface area (Å²) in [5.41, 5.74) is 3.25. The zero-order valence-corrected chi connectivity index (χ0v) is 8.50. The Hall–Kier alpha value is -1.17. The van der Waals surface area contributed by atoms with Crippen LogP contribution in [-0.2, 0) is 16.1 Å². The standard InChI is InChI=1S/C10H14FNO3/c1-14-2-3-15-12-7-8-4-9(11)6-10(13)5-8/h4-6,12-13H,2-3,7H2,1H3. The lowest BCUT2D eigenvalue weighted by atomic mass is 10.2. The van der Waals surface area contributed by atoms with Gasteiger partial charge in [-0.15, -0.1) is 0 Å². The zero-order valence-electron chi connectivity index (χ0n) is 8.50. The molecule has 1 rings (SSSR count). The van der Waals surface area contributed by atoms with E-state index in [0.717, 1.165) is 6.07 Å². The number of methoxy groups -OCH3 is 1. The van der Waals surface area contributed by atoms with E-state index in [0.29, 0.717) is 25.3 Å². The summed E-state index contributed by atoms with van der Waals surface area (Å²) in [7, 11) is 1.58. The predicted octanol–water partition coefficient (Wildman–Crippen LogP) is 1.20. The summed E-state index contributed by atoms with van der Waals surface area (Å²) >= 11 is 0. The van der Waals surface area contributed by atoms with E-state index in [-0.39, 0.29) is 5.75 Å². The van der Waals surface area contributed by atoms with Crippen molar-refractivity contribution in [1.29, 1.82) is 0 Å². The van der Waals surface area contributed by atoms with E-state index < -0.39 is 5.82 Å². The van der Waals surface area contributed by atoms with Gasteiger partial charge in [0.05, 0.1) is 13.2 Å². The number of hydrogen-bond donors (Lipinski definition) is 2. The van der Waals surface area contributed by atoms with Crippen LogP contribution in [0.4, 0.5) is 4.39 Å². The molecule has 2 N–H and O–H groups in total. The van der Waals surface area contributed by atoms with Crippen LogP contribution in [0.5, 0.6) is 5.75 Å². The molecule has 0 unspecified atom stereocenters. The summed E-state index contributed by atoms with van der Waals surface area (Å²) < 4.78 is 17.6. The van der Waals surface area contributed by atoms with Crippen molar-refractivity contribution >= 4 is 0 Å². The second kappa shape index (κ2) is 6.34. The Morgan fingerprint density at radius 2 is 2.13 bits per heavy atom. The van der Waals surface area contributed by atoms with E-state index in [9.17, 15) is 4.39 Å². The molecule has 0 aliphatic carbocycles. The average Bonchev–Trinajstić information content (AvgIpc) is 2.16. The summed E-state index contributed by atoms with van der Waals surface area (Å²) in [6.45, 7) is 1.23. The van der Waals surface area contributed by atoms with Crippen LogP contribution >= 0.6 is 0 Å². The third kappa shape index (κ3) is 4.73. The van der Waals surface area contributed by atoms with Crippen molar-refractivity contribution in [2.24, 2.45) is 0 Å². The second-order valence-electron chi connectivity index (χ2n) is 2.98. The van der Waals surface area contributed by atoms with Crippen molar-refractivity contribution in [3.05, 3.63) is 29.6 Å². The number of hydroxylamine groups is 1. The molecule has 0 aliphatic heterocycles. The maximum Gasteiger partial charge on any atom is 0.127 e. The van der Waals surface area contributed by atoms with Gasteiger partial charge in [0, 0.05) is 19.7 Å². The van der Waals surface area contributed by atoms with Gasteiger partial charge in [0.25, 0.3) is 0 Å². The first-order valence-corrected chi connectivity index (χ1v) is 4.54. The summed E-state index contributed by atoms with van der Waals surface area (Å²) in [5, 5.41) is 9.11. The molecular formula is C10H14FNO3. The zero-order chi connectivity index (χ0) is 11.1. The van der Waals surface area contributed by atoms with Crippen LogP contribution in [-0.4, -0.2) is 25.4 Å². The summed E-state index contributed by atoms with van der Waals surface area (Å²) in [5.74, 6) is -0.563. The van der Waals surface area contributed by atoms with Crippen molar-refractivity contribution in [3.63, 3.8) is 0 Å². The molecule has 0 saturated heterocycles. The molecule has 0 heterocycles. The minimum Gasteiger partial charge on any atom is -0.508 e. The molecule has 0 saturated carbocycles. The number of nitrogens with one attached hydrogen (secondary N) is 1. The van der Waals surface area contributed by atoms with Crippen LogP contribution in [0.3, 0.4) is 0 Å². The first kappa shape index (κ1) is 11.9. The van der Waals surface area contributed by atoms with Gasteiger partial charge in [-0.25, -0.2) is 4.39 Å². The van der Waals surface area contributed by atoms with Crippen LogP contribution in [0.25, 0.3) is 0 Å². The van der Waals surface area contributed by atoms with Crippen molar-refractivity contribution in [3.8, 4) is 5.75 Å². The van der Waals surface area contributed by atoms with Crippen molar-refractivity contribution in [2.75, 3.05) is 20.3 Å². The Morgan fingerprint density at radius 1 is 1.33 bits per heavy atom. The van der Waals surface area contributed by atoms with Crippen LogP contribution < -0.4 is 5.48 Å². The van der Waals surface area contributed by atoms with E-state index in [1.54, 1.807) is 7.11 Å². The number of halogens is 1. The van der Waals surface area contributed by atoms with E-state index in [1.807, 2.05) is 0 Å². The average molecular weight is 215 g/mol. The minimum atomic E-state index is -0.469. The van der Waals surface area contributed by atoms with E-state index in [4.69, 9.17) is 14.7 Å². The molecule has 15 heavy (non-hydrogen) atoms. The molecular weight excluding hydrogens is 201 g/mol. The summed E-state index contributed by atoms with van der Waals surface area (Å²) in [6.07, 6.45) is 0. The van der Waals surface area contributed by atoms with Gasteiger partial charge >= 0.3 is 0 Å². The van der Waals surface area contributed by atoms with Gasteiger partial charge < -0.3 is 9.84 Å². The molecule has 0 fully saturated rings. The Balaban J connectivity index is 2.31. The smallest absolute Gasteiger partial charge is 0.127 e. The highest BCUT2D eigenvalue weighted by Gasteiger charge is 1.99. The number of rotatable bonds is 6. The number of phenols is 1. The molecule has 0 spiro atoms. The Labute approximate surface area is 87.6 Å². The van der Waals surface area contributed by atoms with E-state index in [2.05, 4.69) is 5.48 Å². The first-order valence-electron chi connectivity index (χ1n) is 4.54. The van der Waals surface area contributed by atoms with E-state index in [1.165, 1.54) is 12.1 Å². The predicted molar refractivity (Wildman–Crippen MR) is 52.7 cm³/mol. The molecule has 0 aliphatic rings. The molecule has 1 aromatic carbocycles. The van der Waals surface area contributed by atoms with Crippen LogP contribution in [0.1, 0.15) is 5.56 Å². The largest absolute Gasteiger partial charge is 0.508 e. The monoisotopic (exact) mass is 215 g/mol. The second-order valence-corrected chi connectivity index (χ2v) is 2.98. The third-order valence-electron chi connectivity index (χ3n) is 1.71. The fourth-order valence-corrected chi connectivity index (χ4v) is 1.07. The quantitative estimate of drug-likeness (QED) is 0.553. The molecule has 5 heteroatoms. The maximum atomic E-state index is 12.8. The molecule has 84 valence electrons. The van der Waals surface area contributed by atoms with Gasteiger partial charge in [-0.05, 0) is 17.7 Å². The molecule has 0 bridgehead atoms. The molecule has 0 aromatic heterocycles. The number of aromatic hydroxyl groups is 1. The SMILES string of the molecule is COCCONCc1cc(O)cc(F)c1. The number of benzene rings is 1. The molecule has 0 atom stereocenters. The highest BCUT2D eigenvalue weighted by atomic mass is 19.1. The van der Waals surface area contributed by atoms with Gasteiger partial charge in [-0.1, -0.05) is 0 Å². The number of phenolic OH excluding ortho intramolecular Hbond substituents is 1. The Kier molecular flexibility index (Phi) is 5.03. The van der Waals surface area contributed by atoms with Gasteiger partial charge in [-0.3, -0.25) is 4.84 Å². The van der Waals surface area contributed by atoms with Crippen molar-refractivity contribution in [1.82, 2.24) is 5.48 Å². The topological polar surface area (TPSA) is 50.7 Å². The van der Waals surface area contributed by atoms with Gasteiger partial charge in [0.15, 0.2) is 0 Å². The minimum absolute atomic E-state index is 0.0938. The maximum absolute atomic E-state index is 12.8. The first-order chi connectivity index (χ1) is 7.22. The van der Waals surface area contributed by atoms with Gasteiger partial charge in [0.2, 0.25) is 0 Å². The molecule has 0 radical (unpaired) electrons. The lowest BCUT2D eigenvalue weighted by molar-refractivity contribution is 0.00342. The normalized spacial score (nSPS) is 10.5. The van der Waals surface area contributed by atoms with Crippen LogP contribution in [0, 0.1) is 5.82 Å². The fraction of sp³-hybridized carbons (Fsp3) is 0.400. The highest BCUT2D eigenvalue weighted by molar-refractivity contribution is 5.28. The lowest BCUT2D eigenvalue weighted by Gasteiger charge is -2.05. The van der Waals surface area contributed by atoms with Crippen LogP contribution in [0.2, 0.25) is 0 Å². The molecule has 1 aromatic rings. The van der Waals surface area contributed by atoms with E-state index >= 15 is 0 Å². The van der Waals surface area contributed by atoms with Crippen LogP contribution in [0.15, 0.2) is 18.2 Å². The highest BCUT2D eigenvalue weighted by Crippen LogP contribution is 2.14. The number of ether oxygens (including phenoxy) is 1. The Morgan fingerprint density at radius 3 is 2.80 bits per heavy atom. The van der Waals surface area contributed by atoms with Gasteiger partial charge in [-0.2, -0.15) is 5.48 Å². The van der Waals surface area contributed by atoms with Gasteiger partial charge in [0.1, 0.15) is 11.6 Å². The van der Waals surface area contributed by atoms with Crippen molar-refractivity contribution in [2.45, 2.75) is 6.54 Å². The number of hydrogen-bond acceptors (Lipinski definition) is 4. The molecule has 4 nitrogen and oxygen atoms in total. The lowest BCUT2D eigenvalue weighted by Crippen LogP contribution is -2.17. The summed E-state index contributed by atoms with van der Waals surface area (Å²) in [4.78, 5) is 4.98. The summed E-state index contributed by atoms with van der Waals surface area (Å²) in [6, 6.07) is 3.84.